The fraction of sp³-hybridized carbons (Fsp3) is 0.333. The maximum absolute atomic E-state index is 13.6. The predicted molar refractivity (Wildman–Crippen MR) is 64.6 cm³/mol. The zero-order chi connectivity index (χ0) is 13.8. The number of amides is 1. The summed E-state index contributed by atoms with van der Waals surface area (Å²) in [4.78, 5) is 15.7. The number of hydrogen-bond acceptors (Lipinski definition) is 3. The van der Waals surface area contributed by atoms with E-state index < -0.39 is 23.6 Å². The molecule has 0 aliphatic carbocycles. The molecule has 5 nitrogen and oxygen atoms in total. The van der Waals surface area contributed by atoms with Crippen LogP contribution in [0.3, 0.4) is 0 Å². The summed E-state index contributed by atoms with van der Waals surface area (Å²) >= 11 is 0. The van der Waals surface area contributed by atoms with Gasteiger partial charge in [-0.3, -0.25) is 15.1 Å². The van der Waals surface area contributed by atoms with E-state index in [1.165, 1.54) is 19.2 Å². The van der Waals surface area contributed by atoms with Crippen molar-refractivity contribution >= 4 is 11.9 Å². The molecule has 1 aromatic carbocycles. The molecule has 2 rings (SSSR count). The minimum Gasteiger partial charge on any atom is -0.383 e. The van der Waals surface area contributed by atoms with Crippen molar-refractivity contribution in [1.29, 1.82) is 0 Å². The van der Waals surface area contributed by atoms with Crippen LogP contribution in [-0.2, 0) is 9.53 Å². The molecule has 102 valence electrons. The Hall–Kier alpha value is -2.02. The maximum atomic E-state index is 13.6. The molecule has 2 N–H and O–H groups in total. The number of aliphatic imine (C=N–C) groups is 1. The minimum absolute atomic E-state index is 0.0468. The number of rotatable bonds is 4. The topological polar surface area (TPSA) is 62.7 Å². The zero-order valence-corrected chi connectivity index (χ0v) is 10.2. The molecule has 1 atom stereocenters. The van der Waals surface area contributed by atoms with Crippen molar-refractivity contribution in [3.8, 4) is 0 Å². The van der Waals surface area contributed by atoms with Crippen LogP contribution in [-0.4, -0.2) is 32.1 Å². The highest BCUT2D eigenvalue weighted by Crippen LogP contribution is 2.21. The summed E-state index contributed by atoms with van der Waals surface area (Å²) in [7, 11) is 1.53. The number of ether oxygens (including phenoxy) is 1. The largest absolute Gasteiger partial charge is 0.383 e. The molecule has 1 amide bonds. The fourth-order valence-corrected chi connectivity index (χ4v) is 1.72. The van der Waals surface area contributed by atoms with Gasteiger partial charge >= 0.3 is 0 Å². The molecule has 0 radical (unpaired) electrons. The van der Waals surface area contributed by atoms with Gasteiger partial charge in [0, 0.05) is 12.7 Å². The molecule has 0 bridgehead atoms. The maximum Gasteiger partial charge on any atom is 0.254 e. The Morgan fingerprint density at radius 3 is 2.95 bits per heavy atom. The van der Waals surface area contributed by atoms with Crippen molar-refractivity contribution < 1.29 is 18.3 Å². The molecule has 1 fully saturated rings. The Morgan fingerprint density at radius 2 is 2.21 bits per heavy atom. The molecule has 1 heterocycles. The Morgan fingerprint density at radius 1 is 1.42 bits per heavy atom. The quantitative estimate of drug-likeness (QED) is 0.792. The molecule has 1 aliphatic heterocycles. The summed E-state index contributed by atoms with van der Waals surface area (Å²) < 4.78 is 31.5. The lowest BCUT2D eigenvalue weighted by Crippen LogP contribution is -2.26. The van der Waals surface area contributed by atoms with Crippen LogP contribution in [0.5, 0.6) is 0 Å². The van der Waals surface area contributed by atoms with E-state index in [-0.39, 0.29) is 11.5 Å². The molecule has 0 saturated carbocycles. The summed E-state index contributed by atoms with van der Waals surface area (Å²) in [6.07, 6.45) is 0. The first kappa shape index (κ1) is 13.4. The van der Waals surface area contributed by atoms with E-state index in [9.17, 15) is 13.6 Å². The molecule has 0 spiro atoms. The van der Waals surface area contributed by atoms with Crippen molar-refractivity contribution in [2.24, 2.45) is 4.99 Å². The highest BCUT2D eigenvalue weighted by molar-refractivity contribution is 6.06. The van der Waals surface area contributed by atoms with Gasteiger partial charge in [0.05, 0.1) is 13.2 Å². The summed E-state index contributed by atoms with van der Waals surface area (Å²) in [5.41, 5.74) is -0.0468. The third kappa shape index (κ3) is 2.87. The SMILES string of the molecule is COCCN=C1NC(=O)C(c2cccc(F)c2F)N1. The Bertz CT molecular complexity index is 520. The van der Waals surface area contributed by atoms with Crippen molar-refractivity contribution in [3.63, 3.8) is 0 Å². The summed E-state index contributed by atoms with van der Waals surface area (Å²) in [6, 6.07) is 2.73. The number of guanidine groups is 1. The van der Waals surface area contributed by atoms with Gasteiger partial charge in [0.1, 0.15) is 6.04 Å². The Labute approximate surface area is 108 Å². The molecule has 19 heavy (non-hydrogen) atoms. The first-order chi connectivity index (χ1) is 9.13. The van der Waals surface area contributed by atoms with Gasteiger partial charge in [-0.1, -0.05) is 12.1 Å². The first-order valence-corrected chi connectivity index (χ1v) is 5.68. The average molecular weight is 269 g/mol. The predicted octanol–water partition coefficient (Wildman–Crippen LogP) is 0.728. The molecular weight excluding hydrogens is 256 g/mol. The number of carbonyl (C=O) groups excluding carboxylic acids is 1. The highest BCUT2D eigenvalue weighted by Gasteiger charge is 2.32. The molecular formula is C12H13F2N3O2. The van der Waals surface area contributed by atoms with Crippen LogP contribution in [0.1, 0.15) is 11.6 Å². The second-order valence-corrected chi connectivity index (χ2v) is 3.93. The third-order valence-electron chi connectivity index (χ3n) is 2.64. The minimum atomic E-state index is -1.03. The smallest absolute Gasteiger partial charge is 0.254 e. The van der Waals surface area contributed by atoms with E-state index in [2.05, 4.69) is 15.6 Å². The van der Waals surface area contributed by atoms with Crippen LogP contribution in [0.25, 0.3) is 0 Å². The molecule has 0 aromatic heterocycles. The second-order valence-electron chi connectivity index (χ2n) is 3.93. The lowest BCUT2D eigenvalue weighted by Gasteiger charge is -2.09. The van der Waals surface area contributed by atoms with E-state index in [1.807, 2.05) is 0 Å². The van der Waals surface area contributed by atoms with Crippen LogP contribution in [0, 0.1) is 11.6 Å². The molecule has 1 aliphatic rings. The molecule has 7 heteroatoms. The van der Waals surface area contributed by atoms with Crippen LogP contribution in [0.4, 0.5) is 8.78 Å². The lowest BCUT2D eigenvalue weighted by molar-refractivity contribution is -0.120. The number of carbonyl (C=O) groups is 1. The standard InChI is InChI=1S/C12H13F2N3O2/c1-19-6-5-15-12-16-10(11(18)17-12)7-3-2-4-8(13)9(7)14/h2-4,10H,5-6H2,1H3,(H2,15,16,17,18). The number of halogens is 2. The first-order valence-electron chi connectivity index (χ1n) is 5.68. The Kier molecular flexibility index (Phi) is 4.06. The summed E-state index contributed by atoms with van der Waals surface area (Å²) in [5.74, 6) is -2.26. The normalized spacial score (nSPS) is 20.5. The zero-order valence-electron chi connectivity index (χ0n) is 10.2. The molecule has 1 aromatic rings. The summed E-state index contributed by atoms with van der Waals surface area (Å²) in [5, 5.41) is 5.17. The van der Waals surface area contributed by atoms with E-state index in [0.717, 1.165) is 6.07 Å². The van der Waals surface area contributed by atoms with E-state index in [1.54, 1.807) is 0 Å². The van der Waals surface area contributed by atoms with Gasteiger partial charge in [0.2, 0.25) is 0 Å². The summed E-state index contributed by atoms with van der Waals surface area (Å²) in [6.45, 7) is 0.761. The monoisotopic (exact) mass is 269 g/mol. The third-order valence-corrected chi connectivity index (χ3v) is 2.64. The number of benzene rings is 1. The van der Waals surface area contributed by atoms with Crippen LogP contribution in [0.2, 0.25) is 0 Å². The number of nitrogens with one attached hydrogen (secondary N) is 2. The van der Waals surface area contributed by atoms with Gasteiger partial charge in [-0.05, 0) is 6.07 Å². The number of hydrogen-bond donors (Lipinski definition) is 2. The van der Waals surface area contributed by atoms with E-state index >= 15 is 0 Å². The fourth-order valence-electron chi connectivity index (χ4n) is 1.72. The van der Waals surface area contributed by atoms with Crippen molar-refractivity contribution in [3.05, 3.63) is 35.4 Å². The van der Waals surface area contributed by atoms with Crippen molar-refractivity contribution in [1.82, 2.24) is 10.6 Å². The number of methoxy groups -OCH3 is 1. The van der Waals surface area contributed by atoms with Gasteiger partial charge in [0.25, 0.3) is 5.91 Å². The number of nitrogens with zero attached hydrogens (tertiary/aromatic N) is 1. The molecule has 1 saturated heterocycles. The van der Waals surface area contributed by atoms with E-state index in [0.29, 0.717) is 13.2 Å². The van der Waals surface area contributed by atoms with E-state index in [4.69, 9.17) is 4.74 Å². The van der Waals surface area contributed by atoms with Crippen LogP contribution >= 0.6 is 0 Å². The van der Waals surface area contributed by atoms with Crippen molar-refractivity contribution in [2.75, 3.05) is 20.3 Å². The van der Waals surface area contributed by atoms with Gasteiger partial charge in [-0.15, -0.1) is 0 Å². The highest BCUT2D eigenvalue weighted by atomic mass is 19.2. The Balaban J connectivity index is 2.16. The van der Waals surface area contributed by atoms with Crippen LogP contribution in [0.15, 0.2) is 23.2 Å². The lowest BCUT2D eigenvalue weighted by atomic mass is 10.1. The van der Waals surface area contributed by atoms with Gasteiger partial charge in [0.15, 0.2) is 17.6 Å². The van der Waals surface area contributed by atoms with Gasteiger partial charge < -0.3 is 10.1 Å². The second kappa shape index (κ2) is 5.75. The van der Waals surface area contributed by atoms with Crippen molar-refractivity contribution in [2.45, 2.75) is 6.04 Å². The average Bonchev–Trinajstić information content (AvgIpc) is 2.74. The van der Waals surface area contributed by atoms with Gasteiger partial charge in [-0.25, -0.2) is 8.78 Å². The van der Waals surface area contributed by atoms with Gasteiger partial charge in [-0.2, -0.15) is 0 Å². The van der Waals surface area contributed by atoms with Crippen LogP contribution < -0.4 is 10.6 Å². The molecule has 1 unspecified atom stereocenters.